The summed E-state index contributed by atoms with van der Waals surface area (Å²) in [6.45, 7) is -0.128. The van der Waals surface area contributed by atoms with E-state index in [4.69, 9.17) is 0 Å². The van der Waals surface area contributed by atoms with Crippen LogP contribution < -0.4 is 5.32 Å². The van der Waals surface area contributed by atoms with Crippen LogP contribution in [-0.2, 0) is 6.18 Å². The van der Waals surface area contributed by atoms with Crippen LogP contribution in [0.2, 0.25) is 0 Å². The molecule has 0 aliphatic carbocycles. The molecule has 0 saturated heterocycles. The zero-order valence-corrected chi connectivity index (χ0v) is 14.2. The summed E-state index contributed by atoms with van der Waals surface area (Å²) in [6.07, 6.45) is -2.85. The van der Waals surface area contributed by atoms with Crippen molar-refractivity contribution in [1.82, 2.24) is 15.0 Å². The molecule has 2 heterocycles. The standard InChI is InChI=1S/C19H17F3N4O/c20-19(21,22)16-12-17(26-18(25-16)15-8-4-5-10-23-15)24-14(9-11-27)13-6-2-1-3-7-13/h1-8,10,12,14,27H,9,11H2,(H,24,25,26)/t14-/m1/s1. The summed E-state index contributed by atoms with van der Waals surface area (Å²) in [5.74, 6) is -0.107. The van der Waals surface area contributed by atoms with E-state index in [0.717, 1.165) is 11.6 Å². The number of alkyl halides is 3. The Morgan fingerprint density at radius 2 is 1.74 bits per heavy atom. The summed E-state index contributed by atoms with van der Waals surface area (Å²) in [7, 11) is 0. The van der Waals surface area contributed by atoms with Gasteiger partial charge in [0.15, 0.2) is 11.5 Å². The van der Waals surface area contributed by atoms with Crippen LogP contribution in [0.15, 0.2) is 60.8 Å². The van der Waals surface area contributed by atoms with Gasteiger partial charge in [0.1, 0.15) is 11.5 Å². The van der Waals surface area contributed by atoms with E-state index >= 15 is 0 Å². The molecule has 0 aliphatic rings. The average molecular weight is 374 g/mol. The second kappa shape index (κ2) is 8.13. The number of hydrogen-bond donors (Lipinski definition) is 2. The van der Waals surface area contributed by atoms with Gasteiger partial charge in [0.05, 0.1) is 6.04 Å². The molecule has 140 valence electrons. The van der Waals surface area contributed by atoms with Crippen LogP contribution in [0.3, 0.4) is 0 Å². The molecule has 0 unspecified atom stereocenters. The van der Waals surface area contributed by atoms with Gasteiger partial charge in [0, 0.05) is 18.9 Å². The van der Waals surface area contributed by atoms with Crippen LogP contribution in [0.1, 0.15) is 23.7 Å². The first-order chi connectivity index (χ1) is 13.0. The van der Waals surface area contributed by atoms with Gasteiger partial charge in [-0.3, -0.25) is 4.98 Å². The Hall–Kier alpha value is -3.00. The van der Waals surface area contributed by atoms with Crippen molar-refractivity contribution in [3.8, 4) is 11.5 Å². The lowest BCUT2D eigenvalue weighted by molar-refractivity contribution is -0.141. The smallest absolute Gasteiger partial charge is 0.396 e. The highest BCUT2D eigenvalue weighted by atomic mass is 19.4. The van der Waals surface area contributed by atoms with Crippen LogP contribution >= 0.6 is 0 Å². The van der Waals surface area contributed by atoms with Gasteiger partial charge in [-0.1, -0.05) is 36.4 Å². The Labute approximate surface area is 154 Å². The first kappa shape index (κ1) is 18.8. The number of pyridine rings is 1. The van der Waals surface area contributed by atoms with E-state index in [-0.39, 0.29) is 23.9 Å². The van der Waals surface area contributed by atoms with Crippen molar-refractivity contribution < 1.29 is 18.3 Å². The number of aliphatic hydroxyl groups excluding tert-OH is 1. The minimum atomic E-state index is -4.62. The molecular weight excluding hydrogens is 357 g/mol. The Balaban J connectivity index is 2.00. The van der Waals surface area contributed by atoms with Crippen LogP contribution in [0.5, 0.6) is 0 Å². The van der Waals surface area contributed by atoms with Crippen molar-refractivity contribution in [2.75, 3.05) is 11.9 Å². The Kier molecular flexibility index (Phi) is 5.66. The summed E-state index contributed by atoms with van der Waals surface area (Å²) in [6, 6.07) is 14.5. The van der Waals surface area contributed by atoms with Gasteiger partial charge >= 0.3 is 6.18 Å². The third-order valence-electron chi connectivity index (χ3n) is 3.85. The van der Waals surface area contributed by atoms with E-state index < -0.39 is 17.9 Å². The fourth-order valence-corrected chi connectivity index (χ4v) is 2.59. The second-order valence-electron chi connectivity index (χ2n) is 5.79. The number of nitrogens with one attached hydrogen (secondary N) is 1. The van der Waals surface area contributed by atoms with Crippen molar-refractivity contribution in [1.29, 1.82) is 0 Å². The molecule has 8 heteroatoms. The predicted octanol–water partition coefficient (Wildman–Crippen LogP) is 4.09. The van der Waals surface area contributed by atoms with Gasteiger partial charge in [-0.15, -0.1) is 0 Å². The number of nitrogens with zero attached hydrogens (tertiary/aromatic N) is 3. The van der Waals surface area contributed by atoms with Crippen molar-refractivity contribution >= 4 is 5.82 Å². The minimum absolute atomic E-state index is 0.0141. The number of rotatable bonds is 6. The van der Waals surface area contributed by atoms with Crippen molar-refractivity contribution in [2.45, 2.75) is 18.6 Å². The lowest BCUT2D eigenvalue weighted by Gasteiger charge is -2.20. The van der Waals surface area contributed by atoms with E-state index in [1.54, 1.807) is 18.2 Å². The highest BCUT2D eigenvalue weighted by Crippen LogP contribution is 2.31. The number of anilines is 1. The van der Waals surface area contributed by atoms with Crippen LogP contribution in [-0.4, -0.2) is 26.7 Å². The predicted molar refractivity (Wildman–Crippen MR) is 94.8 cm³/mol. The molecule has 2 aromatic heterocycles. The Morgan fingerprint density at radius 1 is 1.00 bits per heavy atom. The molecule has 0 spiro atoms. The summed E-state index contributed by atoms with van der Waals surface area (Å²) in [5.41, 5.74) is 0.0136. The molecule has 0 amide bonds. The maximum atomic E-state index is 13.3. The molecule has 0 fully saturated rings. The fraction of sp³-hybridized carbons (Fsp3) is 0.211. The van der Waals surface area contributed by atoms with Crippen molar-refractivity contribution in [2.24, 2.45) is 0 Å². The van der Waals surface area contributed by atoms with E-state index in [9.17, 15) is 18.3 Å². The molecule has 5 nitrogen and oxygen atoms in total. The normalized spacial score (nSPS) is 12.6. The molecule has 1 aromatic carbocycles. The molecule has 0 radical (unpaired) electrons. The molecular formula is C19H17F3N4O. The summed E-state index contributed by atoms with van der Waals surface area (Å²) in [4.78, 5) is 11.8. The van der Waals surface area contributed by atoms with E-state index in [2.05, 4.69) is 20.3 Å². The highest BCUT2D eigenvalue weighted by Gasteiger charge is 2.34. The lowest BCUT2D eigenvalue weighted by atomic mass is 10.0. The summed E-state index contributed by atoms with van der Waals surface area (Å²) >= 11 is 0. The number of hydrogen-bond acceptors (Lipinski definition) is 5. The summed E-state index contributed by atoms with van der Waals surface area (Å²) in [5, 5.41) is 12.3. The van der Waals surface area contributed by atoms with Crippen molar-refractivity contribution in [3.05, 3.63) is 72.1 Å². The van der Waals surface area contributed by atoms with Crippen LogP contribution in [0, 0.1) is 0 Å². The Morgan fingerprint density at radius 3 is 2.37 bits per heavy atom. The van der Waals surface area contributed by atoms with E-state index in [1.165, 1.54) is 6.20 Å². The van der Waals surface area contributed by atoms with E-state index in [0.29, 0.717) is 6.42 Å². The Bertz CT molecular complexity index is 873. The quantitative estimate of drug-likeness (QED) is 0.680. The number of benzene rings is 1. The molecule has 0 aliphatic heterocycles. The zero-order valence-electron chi connectivity index (χ0n) is 14.2. The maximum Gasteiger partial charge on any atom is 0.433 e. The largest absolute Gasteiger partial charge is 0.433 e. The van der Waals surface area contributed by atoms with Gasteiger partial charge in [-0.2, -0.15) is 13.2 Å². The van der Waals surface area contributed by atoms with Crippen LogP contribution in [0.4, 0.5) is 19.0 Å². The molecule has 27 heavy (non-hydrogen) atoms. The van der Waals surface area contributed by atoms with Crippen molar-refractivity contribution in [3.63, 3.8) is 0 Å². The van der Waals surface area contributed by atoms with E-state index in [1.807, 2.05) is 30.3 Å². The molecule has 3 rings (SSSR count). The molecule has 1 atom stereocenters. The van der Waals surface area contributed by atoms with Gasteiger partial charge in [-0.05, 0) is 24.1 Å². The second-order valence-corrected chi connectivity index (χ2v) is 5.79. The lowest BCUT2D eigenvalue weighted by Crippen LogP contribution is -2.16. The topological polar surface area (TPSA) is 70.9 Å². The SMILES string of the molecule is OCC[C@@H](Nc1cc(C(F)(F)F)nc(-c2ccccn2)n1)c1ccccc1. The van der Waals surface area contributed by atoms with Gasteiger partial charge < -0.3 is 10.4 Å². The monoisotopic (exact) mass is 374 g/mol. The summed E-state index contributed by atoms with van der Waals surface area (Å²) < 4.78 is 39.9. The first-order valence-electron chi connectivity index (χ1n) is 8.27. The molecule has 0 saturated carbocycles. The fourth-order valence-electron chi connectivity index (χ4n) is 2.59. The average Bonchev–Trinajstić information content (AvgIpc) is 2.68. The zero-order chi connectivity index (χ0) is 19.3. The molecule has 3 aromatic rings. The number of aromatic nitrogens is 3. The third-order valence-corrected chi connectivity index (χ3v) is 3.85. The van der Waals surface area contributed by atoms with Gasteiger partial charge in [0.25, 0.3) is 0 Å². The minimum Gasteiger partial charge on any atom is -0.396 e. The third kappa shape index (κ3) is 4.79. The highest BCUT2D eigenvalue weighted by molar-refractivity contribution is 5.53. The first-order valence-corrected chi connectivity index (χ1v) is 8.27. The number of aliphatic hydroxyl groups is 1. The van der Waals surface area contributed by atoms with Gasteiger partial charge in [-0.25, -0.2) is 9.97 Å². The van der Waals surface area contributed by atoms with Gasteiger partial charge in [0.2, 0.25) is 0 Å². The maximum absolute atomic E-state index is 13.3. The number of halogens is 3. The van der Waals surface area contributed by atoms with Crippen LogP contribution in [0.25, 0.3) is 11.5 Å². The molecule has 0 bridgehead atoms. The molecule has 2 N–H and O–H groups in total.